The molecule has 0 spiro atoms. The van der Waals surface area contributed by atoms with Crippen molar-refractivity contribution in [2.24, 2.45) is 0 Å². The van der Waals surface area contributed by atoms with Gasteiger partial charge in [-0.3, -0.25) is 4.90 Å². The van der Waals surface area contributed by atoms with E-state index >= 15 is 0 Å². The highest BCUT2D eigenvalue weighted by molar-refractivity contribution is 7.89. The van der Waals surface area contributed by atoms with E-state index in [0.29, 0.717) is 61.7 Å². The number of para-hydroxylation sites is 1. The summed E-state index contributed by atoms with van der Waals surface area (Å²) in [5, 5.41) is 4.10. The minimum atomic E-state index is -3.48. The Kier molecular flexibility index (Phi) is 6.35. The lowest BCUT2D eigenvalue weighted by Crippen LogP contribution is -2.48. The predicted molar refractivity (Wildman–Crippen MR) is 116 cm³/mol. The van der Waals surface area contributed by atoms with Crippen molar-refractivity contribution < 1.29 is 17.7 Å². The van der Waals surface area contributed by atoms with Gasteiger partial charge in [0.05, 0.1) is 23.6 Å². The summed E-state index contributed by atoms with van der Waals surface area (Å²) in [7, 11) is -3.48. The van der Waals surface area contributed by atoms with E-state index in [2.05, 4.69) is 15.0 Å². The molecule has 1 aliphatic heterocycles. The van der Waals surface area contributed by atoms with Crippen molar-refractivity contribution in [1.29, 1.82) is 0 Å². The second-order valence-electron chi connectivity index (χ2n) is 7.43. The van der Waals surface area contributed by atoms with Gasteiger partial charge in [0.1, 0.15) is 5.75 Å². The lowest BCUT2D eigenvalue weighted by molar-refractivity contribution is 0.163. The van der Waals surface area contributed by atoms with Crippen molar-refractivity contribution in [1.82, 2.24) is 19.3 Å². The molecule has 8 nitrogen and oxygen atoms in total. The fraction of sp³-hybridized carbons (Fsp3) is 0.364. The molecule has 1 aromatic heterocycles. The third-order valence-corrected chi connectivity index (χ3v) is 7.16. The van der Waals surface area contributed by atoms with Crippen LogP contribution in [-0.4, -0.2) is 60.5 Å². The molecule has 1 fully saturated rings. The standard InChI is InChI=1S/C22H26N4O4S/c1-3-29-20-7-5-4-6-19(20)22-23-21(30-24-22)16-25-12-14-26(15-13-25)31(27,28)18-10-8-17(2)9-11-18/h4-11H,3,12-16H2,1-2H3. The van der Waals surface area contributed by atoms with Crippen LogP contribution in [0.15, 0.2) is 57.9 Å². The lowest BCUT2D eigenvalue weighted by atomic mass is 10.2. The number of nitrogens with zero attached hydrogens (tertiary/aromatic N) is 4. The number of benzene rings is 2. The summed E-state index contributed by atoms with van der Waals surface area (Å²) in [5.41, 5.74) is 1.82. The first-order valence-corrected chi connectivity index (χ1v) is 11.8. The summed E-state index contributed by atoms with van der Waals surface area (Å²) >= 11 is 0. The molecule has 9 heteroatoms. The van der Waals surface area contributed by atoms with Crippen LogP contribution < -0.4 is 4.74 Å². The molecule has 4 rings (SSSR count). The molecule has 0 aliphatic carbocycles. The lowest BCUT2D eigenvalue weighted by Gasteiger charge is -2.33. The fourth-order valence-corrected chi connectivity index (χ4v) is 4.96. The summed E-state index contributed by atoms with van der Waals surface area (Å²) < 4.78 is 38.3. The van der Waals surface area contributed by atoms with Gasteiger partial charge in [-0.2, -0.15) is 9.29 Å². The summed E-state index contributed by atoms with van der Waals surface area (Å²) in [6, 6.07) is 14.5. The van der Waals surface area contributed by atoms with Crippen LogP contribution in [0.4, 0.5) is 0 Å². The highest BCUT2D eigenvalue weighted by Gasteiger charge is 2.29. The number of hydrogen-bond donors (Lipinski definition) is 0. The molecule has 0 radical (unpaired) electrons. The van der Waals surface area contributed by atoms with E-state index in [1.54, 1.807) is 12.1 Å². The Balaban J connectivity index is 1.38. The number of piperazine rings is 1. The fourth-order valence-electron chi connectivity index (χ4n) is 3.54. The van der Waals surface area contributed by atoms with E-state index < -0.39 is 10.0 Å². The minimum Gasteiger partial charge on any atom is -0.493 e. The number of sulfonamides is 1. The molecular weight excluding hydrogens is 416 g/mol. The van der Waals surface area contributed by atoms with Crippen LogP contribution in [0.5, 0.6) is 5.75 Å². The second kappa shape index (κ2) is 9.17. The van der Waals surface area contributed by atoms with Crippen molar-refractivity contribution in [2.45, 2.75) is 25.3 Å². The van der Waals surface area contributed by atoms with Gasteiger partial charge in [0.2, 0.25) is 21.7 Å². The topological polar surface area (TPSA) is 88.8 Å². The van der Waals surface area contributed by atoms with Crippen molar-refractivity contribution in [3.05, 3.63) is 60.0 Å². The van der Waals surface area contributed by atoms with Crippen LogP contribution in [0.3, 0.4) is 0 Å². The number of hydrogen-bond acceptors (Lipinski definition) is 7. The van der Waals surface area contributed by atoms with E-state index in [1.807, 2.05) is 50.2 Å². The molecule has 0 atom stereocenters. The van der Waals surface area contributed by atoms with Crippen molar-refractivity contribution in [3.63, 3.8) is 0 Å². The molecular formula is C22H26N4O4S. The molecule has 0 amide bonds. The normalized spacial score (nSPS) is 15.8. The van der Waals surface area contributed by atoms with Gasteiger partial charge in [0.15, 0.2) is 0 Å². The number of aryl methyl sites for hydroxylation is 1. The average molecular weight is 443 g/mol. The van der Waals surface area contributed by atoms with Crippen molar-refractivity contribution in [2.75, 3.05) is 32.8 Å². The maximum Gasteiger partial charge on any atom is 0.243 e. The molecule has 0 N–H and O–H groups in total. The zero-order valence-electron chi connectivity index (χ0n) is 17.7. The second-order valence-corrected chi connectivity index (χ2v) is 9.37. The van der Waals surface area contributed by atoms with Gasteiger partial charge in [0.25, 0.3) is 0 Å². The van der Waals surface area contributed by atoms with Gasteiger partial charge in [-0.25, -0.2) is 8.42 Å². The van der Waals surface area contributed by atoms with E-state index in [-0.39, 0.29) is 0 Å². The highest BCUT2D eigenvalue weighted by Crippen LogP contribution is 2.28. The van der Waals surface area contributed by atoms with Crippen LogP contribution >= 0.6 is 0 Å². The van der Waals surface area contributed by atoms with Crippen LogP contribution in [0.25, 0.3) is 11.4 Å². The minimum absolute atomic E-state index is 0.334. The largest absolute Gasteiger partial charge is 0.493 e. The number of rotatable bonds is 7. The molecule has 1 aliphatic rings. The van der Waals surface area contributed by atoms with Gasteiger partial charge >= 0.3 is 0 Å². The van der Waals surface area contributed by atoms with Crippen LogP contribution in [0.2, 0.25) is 0 Å². The third kappa shape index (κ3) is 4.79. The monoisotopic (exact) mass is 442 g/mol. The Morgan fingerprint density at radius 1 is 1.03 bits per heavy atom. The summed E-state index contributed by atoms with van der Waals surface area (Å²) in [5.74, 6) is 1.70. The molecule has 2 aromatic carbocycles. The van der Waals surface area contributed by atoms with Crippen molar-refractivity contribution in [3.8, 4) is 17.1 Å². The van der Waals surface area contributed by atoms with Gasteiger partial charge in [-0.15, -0.1) is 0 Å². The first-order valence-electron chi connectivity index (χ1n) is 10.3. The van der Waals surface area contributed by atoms with E-state index in [4.69, 9.17) is 9.26 Å². The van der Waals surface area contributed by atoms with Gasteiger partial charge in [0, 0.05) is 26.2 Å². The molecule has 0 bridgehead atoms. The Morgan fingerprint density at radius 2 is 1.74 bits per heavy atom. The smallest absolute Gasteiger partial charge is 0.243 e. The zero-order chi connectivity index (χ0) is 21.8. The van der Waals surface area contributed by atoms with Gasteiger partial charge in [-0.05, 0) is 38.1 Å². The Bertz CT molecular complexity index is 1120. The Hall–Kier alpha value is -2.75. The highest BCUT2D eigenvalue weighted by atomic mass is 32.2. The Morgan fingerprint density at radius 3 is 2.45 bits per heavy atom. The summed E-state index contributed by atoms with van der Waals surface area (Å²) in [6.45, 7) is 6.93. The average Bonchev–Trinajstić information content (AvgIpc) is 3.23. The first kappa shape index (κ1) is 21.5. The van der Waals surface area contributed by atoms with Crippen molar-refractivity contribution >= 4 is 10.0 Å². The van der Waals surface area contributed by atoms with E-state index in [9.17, 15) is 8.42 Å². The maximum absolute atomic E-state index is 12.9. The third-order valence-electron chi connectivity index (χ3n) is 5.24. The summed E-state index contributed by atoms with van der Waals surface area (Å²) in [6.07, 6.45) is 0. The molecule has 1 saturated heterocycles. The Labute approximate surface area is 182 Å². The number of aromatic nitrogens is 2. The maximum atomic E-state index is 12.9. The molecule has 3 aromatic rings. The predicted octanol–water partition coefficient (Wildman–Crippen LogP) is 2.95. The van der Waals surface area contributed by atoms with Crippen LogP contribution in [0, 0.1) is 6.92 Å². The molecule has 2 heterocycles. The molecule has 31 heavy (non-hydrogen) atoms. The van der Waals surface area contributed by atoms with Crippen LogP contribution in [0.1, 0.15) is 18.4 Å². The van der Waals surface area contributed by atoms with Gasteiger partial charge < -0.3 is 9.26 Å². The van der Waals surface area contributed by atoms with E-state index in [1.165, 1.54) is 4.31 Å². The number of ether oxygens (including phenoxy) is 1. The molecule has 0 unspecified atom stereocenters. The summed E-state index contributed by atoms with van der Waals surface area (Å²) in [4.78, 5) is 6.96. The molecule has 164 valence electrons. The molecule has 0 saturated carbocycles. The zero-order valence-corrected chi connectivity index (χ0v) is 18.5. The first-order chi connectivity index (χ1) is 15.0. The van der Waals surface area contributed by atoms with Gasteiger partial charge in [-0.1, -0.05) is 35.0 Å². The van der Waals surface area contributed by atoms with Crippen LogP contribution in [-0.2, 0) is 16.6 Å². The van der Waals surface area contributed by atoms with E-state index in [0.717, 1.165) is 11.1 Å². The quantitative estimate of drug-likeness (QED) is 0.556. The SMILES string of the molecule is CCOc1ccccc1-c1noc(CN2CCN(S(=O)(=O)c3ccc(C)cc3)CC2)n1.